The summed E-state index contributed by atoms with van der Waals surface area (Å²) in [4.78, 5) is 10.9. The summed E-state index contributed by atoms with van der Waals surface area (Å²) < 4.78 is 17.9. The summed E-state index contributed by atoms with van der Waals surface area (Å²) >= 11 is 11.6. The van der Waals surface area contributed by atoms with Crippen molar-refractivity contribution in [3.05, 3.63) is 33.3 Å². The van der Waals surface area contributed by atoms with Crippen LogP contribution >= 0.6 is 23.2 Å². The van der Waals surface area contributed by atoms with Crippen molar-refractivity contribution in [2.45, 2.75) is 6.10 Å². The number of aliphatic carboxylic acids is 1. The first-order valence-corrected chi connectivity index (χ1v) is 5.45. The highest BCUT2D eigenvalue weighted by atomic mass is 35.5. The van der Waals surface area contributed by atoms with E-state index in [1.165, 1.54) is 18.2 Å². The number of hydrogen-bond acceptors (Lipinski definition) is 2. The Morgan fingerprint density at radius 3 is 2.65 bits per heavy atom. The summed E-state index contributed by atoms with van der Waals surface area (Å²) in [6.45, 7) is -0.919. The molecule has 0 spiro atoms. The average Bonchev–Trinajstić information content (AvgIpc) is 2.29. The van der Waals surface area contributed by atoms with E-state index in [2.05, 4.69) is 0 Å². The molecule has 2 rings (SSSR count). The largest absolute Gasteiger partial charge is 0.482 e. The van der Waals surface area contributed by atoms with Crippen LogP contribution in [-0.4, -0.2) is 23.9 Å². The Balaban J connectivity index is 2.53. The molecule has 1 atom stereocenters. The summed E-state index contributed by atoms with van der Waals surface area (Å²) in [6, 6.07) is 2.92. The Morgan fingerprint density at radius 1 is 1.41 bits per heavy atom. The van der Waals surface area contributed by atoms with Gasteiger partial charge < -0.3 is 9.84 Å². The van der Waals surface area contributed by atoms with Gasteiger partial charge >= 0.3 is 5.97 Å². The van der Waals surface area contributed by atoms with E-state index in [-0.39, 0.29) is 15.6 Å². The first-order chi connectivity index (χ1) is 8.02. The van der Waals surface area contributed by atoms with Crippen molar-refractivity contribution in [1.82, 2.24) is 0 Å². The number of carbonyl (C=O) groups is 1. The minimum absolute atomic E-state index is 0.140. The molecule has 1 aliphatic rings. The molecule has 0 amide bonds. The standard InChI is InChI=1S/C11H7Cl2FO3/c12-7-2-5-1-6(11(15)16)10(4-14)17-9(5)3-8(7)13/h1-3,10H,4H2,(H,15,16). The number of benzene rings is 1. The molecule has 0 saturated heterocycles. The molecule has 0 radical (unpaired) electrons. The third-order valence-electron chi connectivity index (χ3n) is 2.37. The summed E-state index contributed by atoms with van der Waals surface area (Å²) in [5.41, 5.74) is 0.333. The van der Waals surface area contributed by atoms with Gasteiger partial charge in [0.1, 0.15) is 12.4 Å². The number of rotatable bonds is 2. The smallest absolute Gasteiger partial charge is 0.335 e. The third-order valence-corrected chi connectivity index (χ3v) is 3.09. The molecule has 0 aromatic heterocycles. The second-order valence-electron chi connectivity index (χ2n) is 3.47. The molecule has 0 saturated carbocycles. The van der Waals surface area contributed by atoms with Gasteiger partial charge in [-0.2, -0.15) is 0 Å². The quantitative estimate of drug-likeness (QED) is 0.903. The molecule has 0 bridgehead atoms. The van der Waals surface area contributed by atoms with Gasteiger partial charge in [-0.25, -0.2) is 9.18 Å². The van der Waals surface area contributed by atoms with E-state index >= 15 is 0 Å². The van der Waals surface area contributed by atoms with Gasteiger partial charge in [0.25, 0.3) is 0 Å². The van der Waals surface area contributed by atoms with Gasteiger partial charge in [0.2, 0.25) is 0 Å². The normalized spacial score (nSPS) is 18.1. The Kier molecular flexibility index (Phi) is 3.26. The van der Waals surface area contributed by atoms with Gasteiger partial charge in [0.15, 0.2) is 6.10 Å². The van der Waals surface area contributed by atoms with Crippen molar-refractivity contribution >= 4 is 35.2 Å². The maximum absolute atomic E-state index is 12.7. The predicted molar refractivity (Wildman–Crippen MR) is 62.5 cm³/mol. The molecule has 1 aromatic carbocycles. The molecular formula is C11H7Cl2FO3. The second kappa shape index (κ2) is 4.55. The van der Waals surface area contributed by atoms with Crippen LogP contribution in [0.5, 0.6) is 5.75 Å². The third kappa shape index (κ3) is 2.23. The second-order valence-corrected chi connectivity index (χ2v) is 4.28. The Morgan fingerprint density at radius 2 is 2.06 bits per heavy atom. The van der Waals surface area contributed by atoms with Gasteiger partial charge in [-0.1, -0.05) is 23.2 Å². The zero-order valence-electron chi connectivity index (χ0n) is 8.41. The highest BCUT2D eigenvalue weighted by Crippen LogP contribution is 2.36. The molecular weight excluding hydrogens is 270 g/mol. The number of fused-ring (bicyclic) bond motifs is 1. The zero-order chi connectivity index (χ0) is 12.6. The van der Waals surface area contributed by atoms with Crippen molar-refractivity contribution in [2.24, 2.45) is 0 Å². The van der Waals surface area contributed by atoms with Crippen LogP contribution < -0.4 is 4.74 Å². The first kappa shape index (κ1) is 12.2. The number of carboxylic acids is 1. The van der Waals surface area contributed by atoms with Gasteiger partial charge in [-0.05, 0) is 12.1 Å². The molecule has 17 heavy (non-hydrogen) atoms. The van der Waals surface area contributed by atoms with Crippen molar-refractivity contribution in [1.29, 1.82) is 0 Å². The topological polar surface area (TPSA) is 46.5 Å². The maximum Gasteiger partial charge on any atom is 0.335 e. The minimum Gasteiger partial charge on any atom is -0.482 e. The van der Waals surface area contributed by atoms with Gasteiger partial charge in [0, 0.05) is 11.6 Å². The van der Waals surface area contributed by atoms with Gasteiger partial charge in [0.05, 0.1) is 15.6 Å². The Bertz CT molecular complexity index is 514. The van der Waals surface area contributed by atoms with Crippen LogP contribution in [-0.2, 0) is 4.79 Å². The van der Waals surface area contributed by atoms with E-state index < -0.39 is 18.7 Å². The molecule has 1 N–H and O–H groups in total. The monoisotopic (exact) mass is 276 g/mol. The molecule has 0 aliphatic carbocycles. The molecule has 6 heteroatoms. The SMILES string of the molecule is O=C(O)C1=Cc2cc(Cl)c(Cl)cc2OC1CF. The molecule has 90 valence electrons. The number of halogens is 3. The molecule has 3 nitrogen and oxygen atoms in total. The Hall–Kier alpha value is -1.26. The fraction of sp³-hybridized carbons (Fsp3) is 0.182. The van der Waals surface area contributed by atoms with Crippen molar-refractivity contribution < 1.29 is 19.0 Å². The summed E-state index contributed by atoms with van der Waals surface area (Å²) in [6.07, 6.45) is 0.227. The Labute approximate surface area is 106 Å². The number of ether oxygens (including phenoxy) is 1. The van der Waals surface area contributed by atoms with Crippen LogP contribution in [0.2, 0.25) is 10.0 Å². The number of hydrogen-bond donors (Lipinski definition) is 1. The van der Waals surface area contributed by atoms with E-state index in [4.69, 9.17) is 33.0 Å². The van der Waals surface area contributed by atoms with Crippen molar-refractivity contribution in [3.8, 4) is 5.75 Å². The van der Waals surface area contributed by atoms with Gasteiger partial charge in [-0.15, -0.1) is 0 Å². The van der Waals surface area contributed by atoms with Crippen LogP contribution in [0.3, 0.4) is 0 Å². The average molecular weight is 277 g/mol. The highest BCUT2D eigenvalue weighted by molar-refractivity contribution is 6.42. The lowest BCUT2D eigenvalue weighted by Crippen LogP contribution is -2.29. The van der Waals surface area contributed by atoms with E-state index in [1.54, 1.807) is 0 Å². The number of carboxylic acid groups (broad SMARTS) is 1. The van der Waals surface area contributed by atoms with Crippen LogP contribution in [0.4, 0.5) is 4.39 Å². The van der Waals surface area contributed by atoms with Gasteiger partial charge in [-0.3, -0.25) is 0 Å². The predicted octanol–water partition coefficient (Wildman–Crippen LogP) is 3.19. The lowest BCUT2D eigenvalue weighted by atomic mass is 10.0. The van der Waals surface area contributed by atoms with Crippen molar-refractivity contribution in [2.75, 3.05) is 6.67 Å². The lowest BCUT2D eigenvalue weighted by Gasteiger charge is -2.23. The zero-order valence-corrected chi connectivity index (χ0v) is 9.93. The fourth-order valence-corrected chi connectivity index (χ4v) is 1.88. The molecule has 1 aromatic rings. The fourth-order valence-electron chi connectivity index (χ4n) is 1.55. The van der Waals surface area contributed by atoms with Crippen LogP contribution in [0.25, 0.3) is 6.08 Å². The van der Waals surface area contributed by atoms with Crippen molar-refractivity contribution in [3.63, 3.8) is 0 Å². The van der Waals surface area contributed by atoms with E-state index in [1.807, 2.05) is 0 Å². The summed E-state index contributed by atoms with van der Waals surface area (Å²) in [5.74, 6) is -0.892. The molecule has 1 aliphatic heterocycles. The van der Waals surface area contributed by atoms with Crippen LogP contribution in [0.1, 0.15) is 5.56 Å². The summed E-state index contributed by atoms with van der Waals surface area (Å²) in [5, 5.41) is 9.47. The van der Waals surface area contributed by atoms with E-state index in [0.29, 0.717) is 11.3 Å². The summed E-state index contributed by atoms with van der Waals surface area (Å²) in [7, 11) is 0. The molecule has 1 unspecified atom stereocenters. The van der Waals surface area contributed by atoms with Crippen LogP contribution in [0.15, 0.2) is 17.7 Å². The molecule has 0 fully saturated rings. The highest BCUT2D eigenvalue weighted by Gasteiger charge is 2.28. The van der Waals surface area contributed by atoms with E-state index in [0.717, 1.165) is 0 Å². The molecule has 1 heterocycles. The lowest BCUT2D eigenvalue weighted by molar-refractivity contribution is -0.133. The number of alkyl halides is 1. The van der Waals surface area contributed by atoms with Crippen LogP contribution in [0, 0.1) is 0 Å². The first-order valence-electron chi connectivity index (χ1n) is 4.69. The van der Waals surface area contributed by atoms with E-state index in [9.17, 15) is 9.18 Å². The minimum atomic E-state index is -1.22. The maximum atomic E-state index is 12.7.